The lowest BCUT2D eigenvalue weighted by molar-refractivity contribution is -0.131. The van der Waals surface area contributed by atoms with E-state index in [4.69, 9.17) is 14.7 Å². The maximum atomic E-state index is 13.8. The van der Waals surface area contributed by atoms with Gasteiger partial charge in [0.25, 0.3) is 5.91 Å². The Morgan fingerprint density at radius 2 is 1.93 bits per heavy atom. The summed E-state index contributed by atoms with van der Waals surface area (Å²) in [6, 6.07) is 15.3. The van der Waals surface area contributed by atoms with E-state index in [0.717, 1.165) is 55.8 Å². The standard InChI is InChI=1S/C34H40FN7O2/c1-4-24-8-5-9-25-10-6-12-30(31(24)25)40-17-14-28-29(21-40)37-34(44-22-27-11-7-16-39(27)3)38-32(28)41-18-19-42(33(43)23(2)35)26(20-41)13-15-36/h5-6,8-10,12,26-27H,2,4,7,11,13-14,16-22H2,1,3H3/t26?,27-/m0/s1. The third kappa shape index (κ3) is 5.81. The van der Waals surface area contributed by atoms with Gasteiger partial charge in [-0.15, -0.1) is 0 Å². The molecule has 1 aromatic heterocycles. The van der Waals surface area contributed by atoms with Crippen LogP contribution in [0.3, 0.4) is 0 Å². The lowest BCUT2D eigenvalue weighted by Gasteiger charge is -2.42. The molecule has 3 aliphatic rings. The molecule has 0 radical (unpaired) electrons. The number of likely N-dealkylation sites (tertiary alicyclic amines) is 1. The summed E-state index contributed by atoms with van der Waals surface area (Å²) < 4.78 is 20.1. The van der Waals surface area contributed by atoms with E-state index < -0.39 is 17.8 Å². The van der Waals surface area contributed by atoms with Crippen LogP contribution in [0.15, 0.2) is 48.8 Å². The van der Waals surface area contributed by atoms with Gasteiger partial charge < -0.3 is 24.3 Å². The topological polar surface area (TPSA) is 88.8 Å². The Morgan fingerprint density at radius 3 is 2.66 bits per heavy atom. The molecule has 1 unspecified atom stereocenters. The van der Waals surface area contributed by atoms with Gasteiger partial charge in [-0.3, -0.25) is 4.79 Å². The maximum Gasteiger partial charge on any atom is 0.318 e. The highest BCUT2D eigenvalue weighted by Gasteiger charge is 2.35. The van der Waals surface area contributed by atoms with Crippen LogP contribution in [0.2, 0.25) is 0 Å². The quantitative estimate of drug-likeness (QED) is 0.347. The number of amides is 1. The van der Waals surface area contributed by atoms with Crippen molar-refractivity contribution in [2.24, 2.45) is 0 Å². The Balaban J connectivity index is 1.34. The Kier molecular flexibility index (Phi) is 8.67. The highest BCUT2D eigenvalue weighted by atomic mass is 19.1. The monoisotopic (exact) mass is 597 g/mol. The summed E-state index contributed by atoms with van der Waals surface area (Å²) in [6.07, 6.45) is 4.01. The number of anilines is 2. The lowest BCUT2D eigenvalue weighted by atomic mass is 9.98. The Bertz CT molecular complexity index is 1600. The molecule has 1 amide bonds. The molecule has 2 aromatic carbocycles. The van der Waals surface area contributed by atoms with E-state index in [9.17, 15) is 14.4 Å². The molecule has 0 N–H and O–H groups in total. The number of carbonyl (C=O) groups is 1. The fourth-order valence-electron chi connectivity index (χ4n) is 6.99. The van der Waals surface area contributed by atoms with Gasteiger partial charge in [-0.1, -0.05) is 43.8 Å². The van der Waals surface area contributed by atoms with E-state index in [1.165, 1.54) is 26.9 Å². The summed E-state index contributed by atoms with van der Waals surface area (Å²) in [4.78, 5) is 30.7. The first-order valence-corrected chi connectivity index (χ1v) is 15.6. The van der Waals surface area contributed by atoms with Crippen molar-refractivity contribution in [2.45, 2.75) is 57.7 Å². The van der Waals surface area contributed by atoms with Crippen molar-refractivity contribution < 1.29 is 13.9 Å². The van der Waals surface area contributed by atoms with E-state index >= 15 is 0 Å². The molecule has 4 heterocycles. The van der Waals surface area contributed by atoms with Gasteiger partial charge in [0.2, 0.25) is 0 Å². The predicted octanol–water partition coefficient (Wildman–Crippen LogP) is 4.64. The molecule has 10 heteroatoms. The van der Waals surface area contributed by atoms with Crippen LogP contribution < -0.4 is 14.5 Å². The van der Waals surface area contributed by atoms with E-state index in [1.54, 1.807) is 0 Å². The first kappa shape index (κ1) is 29.8. The highest BCUT2D eigenvalue weighted by Crippen LogP contribution is 2.36. The second-order valence-electron chi connectivity index (χ2n) is 12.0. The summed E-state index contributed by atoms with van der Waals surface area (Å²) in [5.74, 6) is -0.977. The van der Waals surface area contributed by atoms with Gasteiger partial charge in [-0.05, 0) is 56.3 Å². The molecule has 2 fully saturated rings. The molecule has 3 aliphatic heterocycles. The number of hydrogen-bond donors (Lipinski definition) is 0. The molecule has 2 saturated heterocycles. The second-order valence-corrected chi connectivity index (χ2v) is 12.0. The molecule has 9 nitrogen and oxygen atoms in total. The number of aryl methyl sites for hydroxylation is 1. The minimum absolute atomic E-state index is 0.0921. The number of likely N-dealkylation sites (N-methyl/N-ethyl adjacent to an activating group) is 1. The van der Waals surface area contributed by atoms with Crippen molar-refractivity contribution in [2.75, 3.05) is 56.2 Å². The van der Waals surface area contributed by atoms with Crippen LogP contribution in [0.4, 0.5) is 15.9 Å². The summed E-state index contributed by atoms with van der Waals surface area (Å²) in [6.45, 7) is 9.47. The van der Waals surface area contributed by atoms with Crippen LogP contribution in [-0.4, -0.2) is 84.1 Å². The summed E-state index contributed by atoms with van der Waals surface area (Å²) in [5.41, 5.74) is 4.51. The van der Waals surface area contributed by atoms with Crippen molar-refractivity contribution in [3.8, 4) is 12.1 Å². The van der Waals surface area contributed by atoms with Crippen molar-refractivity contribution >= 4 is 28.2 Å². The van der Waals surface area contributed by atoms with Gasteiger partial charge in [0.15, 0.2) is 5.83 Å². The fourth-order valence-corrected chi connectivity index (χ4v) is 6.99. The molecule has 0 spiro atoms. The fraction of sp³-hybridized carbons (Fsp3) is 0.471. The molecular weight excluding hydrogens is 557 g/mol. The Labute approximate surface area is 258 Å². The second kappa shape index (κ2) is 12.8. The highest BCUT2D eigenvalue weighted by molar-refractivity contribution is 5.97. The van der Waals surface area contributed by atoms with Crippen LogP contribution in [0.1, 0.15) is 43.0 Å². The van der Waals surface area contributed by atoms with Crippen molar-refractivity contribution in [1.82, 2.24) is 19.8 Å². The van der Waals surface area contributed by atoms with Gasteiger partial charge in [-0.2, -0.15) is 15.2 Å². The number of nitrogens with zero attached hydrogens (tertiary/aromatic N) is 7. The smallest absolute Gasteiger partial charge is 0.318 e. The number of benzene rings is 2. The molecule has 0 saturated carbocycles. The van der Waals surface area contributed by atoms with E-state index in [-0.39, 0.29) is 13.0 Å². The van der Waals surface area contributed by atoms with E-state index in [1.807, 2.05) is 0 Å². The molecule has 230 valence electrons. The van der Waals surface area contributed by atoms with Crippen molar-refractivity contribution in [3.05, 3.63) is 65.6 Å². The van der Waals surface area contributed by atoms with Gasteiger partial charge in [-0.25, -0.2) is 4.39 Å². The summed E-state index contributed by atoms with van der Waals surface area (Å²) in [5, 5.41) is 12.0. The van der Waals surface area contributed by atoms with Crippen LogP contribution in [0.5, 0.6) is 6.01 Å². The molecular formula is C34H40FN7O2. The first-order chi connectivity index (χ1) is 21.4. The van der Waals surface area contributed by atoms with Crippen LogP contribution in [0.25, 0.3) is 10.8 Å². The number of fused-ring (bicyclic) bond motifs is 2. The minimum Gasteiger partial charge on any atom is -0.462 e. The Morgan fingerprint density at radius 1 is 1.11 bits per heavy atom. The van der Waals surface area contributed by atoms with Gasteiger partial charge >= 0.3 is 6.01 Å². The number of nitriles is 1. The lowest BCUT2D eigenvalue weighted by Crippen LogP contribution is -2.55. The maximum absolute atomic E-state index is 13.8. The molecule has 0 bridgehead atoms. The number of ether oxygens (including phenoxy) is 1. The van der Waals surface area contributed by atoms with Gasteiger partial charge in [0, 0.05) is 48.9 Å². The molecule has 0 aliphatic carbocycles. The Hall–Kier alpha value is -4.23. The van der Waals surface area contributed by atoms with Crippen molar-refractivity contribution in [3.63, 3.8) is 0 Å². The average Bonchev–Trinajstić information content (AvgIpc) is 3.46. The molecule has 44 heavy (non-hydrogen) atoms. The normalized spacial score (nSPS) is 20.5. The number of hydrogen-bond acceptors (Lipinski definition) is 8. The third-order valence-electron chi connectivity index (χ3n) is 9.39. The average molecular weight is 598 g/mol. The number of aromatic nitrogens is 2. The SMILES string of the molecule is C=C(F)C(=O)N1CCN(c2nc(OC[C@@H]3CCCN3C)nc3c2CCN(c2cccc4cccc(CC)c24)C3)CC1CC#N. The number of rotatable bonds is 8. The zero-order chi connectivity index (χ0) is 30.8. The van der Waals surface area contributed by atoms with Crippen LogP contribution in [0, 0.1) is 11.3 Å². The molecule has 6 rings (SSSR count). The van der Waals surface area contributed by atoms with E-state index in [0.29, 0.717) is 38.3 Å². The largest absolute Gasteiger partial charge is 0.462 e. The van der Waals surface area contributed by atoms with Gasteiger partial charge in [0.05, 0.1) is 30.8 Å². The summed E-state index contributed by atoms with van der Waals surface area (Å²) >= 11 is 0. The van der Waals surface area contributed by atoms with Gasteiger partial charge in [0.1, 0.15) is 12.4 Å². The molecule has 2 atom stereocenters. The van der Waals surface area contributed by atoms with Crippen molar-refractivity contribution in [1.29, 1.82) is 5.26 Å². The first-order valence-electron chi connectivity index (χ1n) is 15.6. The zero-order valence-corrected chi connectivity index (χ0v) is 25.6. The summed E-state index contributed by atoms with van der Waals surface area (Å²) in [7, 11) is 2.12. The number of halogens is 1. The number of piperazine rings is 1. The van der Waals surface area contributed by atoms with E-state index in [2.05, 4.69) is 77.7 Å². The number of carbonyl (C=O) groups excluding carboxylic acids is 1. The predicted molar refractivity (Wildman–Crippen MR) is 169 cm³/mol. The molecule has 3 aromatic rings. The zero-order valence-electron chi connectivity index (χ0n) is 25.6. The van der Waals surface area contributed by atoms with Crippen LogP contribution >= 0.6 is 0 Å². The third-order valence-corrected chi connectivity index (χ3v) is 9.39. The van der Waals surface area contributed by atoms with Crippen LogP contribution in [-0.2, 0) is 24.2 Å². The minimum atomic E-state index is -1.01.